The van der Waals surface area contributed by atoms with Crippen LogP contribution < -0.4 is 5.32 Å². The highest BCUT2D eigenvalue weighted by Gasteiger charge is 2.28. The Kier molecular flexibility index (Phi) is 5.53. The van der Waals surface area contributed by atoms with Crippen molar-refractivity contribution in [3.63, 3.8) is 0 Å². The van der Waals surface area contributed by atoms with Gasteiger partial charge in [-0.1, -0.05) is 42.5 Å². The Hall–Kier alpha value is -3.26. The molecule has 1 aliphatic rings. The van der Waals surface area contributed by atoms with E-state index in [4.69, 9.17) is 0 Å². The quantitative estimate of drug-likeness (QED) is 0.712. The lowest BCUT2D eigenvalue weighted by Crippen LogP contribution is -2.42. The summed E-state index contributed by atoms with van der Waals surface area (Å²) in [4.78, 5) is 14.5. The van der Waals surface area contributed by atoms with Gasteiger partial charge < -0.3 is 15.3 Å². The molecule has 2 amide bonds. The number of rotatable bonds is 4. The maximum Gasteiger partial charge on any atom is 0.321 e. The van der Waals surface area contributed by atoms with Gasteiger partial charge in [-0.3, -0.25) is 0 Å². The number of carbonyl (C=O) groups is 1. The number of urea groups is 1. The van der Waals surface area contributed by atoms with Crippen molar-refractivity contribution >= 4 is 11.7 Å². The van der Waals surface area contributed by atoms with Gasteiger partial charge in [-0.05, 0) is 46.9 Å². The number of nitrogens with one attached hydrogen (secondary N) is 1. The van der Waals surface area contributed by atoms with Crippen molar-refractivity contribution in [3.8, 4) is 11.4 Å². The zero-order valence-corrected chi connectivity index (χ0v) is 16.3. The Bertz CT molecular complexity index is 966. The molecular formula is C21H24N6O2. The first-order valence-corrected chi connectivity index (χ1v) is 9.73. The highest BCUT2D eigenvalue weighted by Crippen LogP contribution is 2.31. The number of aryl methyl sites for hydroxylation is 1. The molecule has 1 saturated heterocycles. The minimum absolute atomic E-state index is 0.133. The van der Waals surface area contributed by atoms with E-state index in [0.717, 1.165) is 24.0 Å². The predicted molar refractivity (Wildman–Crippen MR) is 109 cm³/mol. The molecule has 2 N–H and O–H groups in total. The SMILES string of the molecule is Cn1nnnc1-c1cccc(NC(=O)N2CCC(C(O)c3ccccc3)CC2)c1. The minimum atomic E-state index is -0.488. The van der Waals surface area contributed by atoms with Gasteiger partial charge in [0.25, 0.3) is 0 Å². The third-order valence-electron chi connectivity index (χ3n) is 5.41. The van der Waals surface area contributed by atoms with Crippen LogP contribution >= 0.6 is 0 Å². The standard InChI is InChI=1S/C21H24N6O2/c1-26-20(23-24-25-26)17-8-5-9-18(14-17)22-21(29)27-12-10-16(11-13-27)19(28)15-6-3-2-4-7-15/h2-9,14,16,19,28H,10-13H2,1H3,(H,22,29). The van der Waals surface area contributed by atoms with E-state index in [0.29, 0.717) is 24.6 Å². The topological polar surface area (TPSA) is 96.2 Å². The monoisotopic (exact) mass is 392 g/mol. The van der Waals surface area contributed by atoms with E-state index in [1.165, 1.54) is 0 Å². The number of benzene rings is 2. The summed E-state index contributed by atoms with van der Waals surface area (Å²) in [7, 11) is 1.77. The van der Waals surface area contributed by atoms with Crippen molar-refractivity contribution in [1.29, 1.82) is 0 Å². The zero-order valence-electron chi connectivity index (χ0n) is 16.3. The molecule has 3 aromatic rings. The summed E-state index contributed by atoms with van der Waals surface area (Å²) in [5.74, 6) is 0.796. The molecule has 2 aromatic carbocycles. The van der Waals surface area contributed by atoms with Crippen LogP contribution in [-0.2, 0) is 7.05 Å². The van der Waals surface area contributed by atoms with Crippen molar-refractivity contribution in [3.05, 3.63) is 60.2 Å². The summed E-state index contributed by atoms with van der Waals surface area (Å²) in [5.41, 5.74) is 2.47. The molecule has 1 unspecified atom stereocenters. The first-order chi connectivity index (χ1) is 14.1. The van der Waals surface area contributed by atoms with Gasteiger partial charge in [0.05, 0.1) is 6.10 Å². The highest BCUT2D eigenvalue weighted by molar-refractivity contribution is 5.90. The maximum atomic E-state index is 12.7. The second-order valence-corrected chi connectivity index (χ2v) is 7.32. The van der Waals surface area contributed by atoms with Gasteiger partial charge in [0.2, 0.25) is 0 Å². The number of hydrogen-bond acceptors (Lipinski definition) is 5. The van der Waals surface area contributed by atoms with E-state index >= 15 is 0 Å². The van der Waals surface area contributed by atoms with E-state index in [1.54, 1.807) is 16.6 Å². The fourth-order valence-corrected chi connectivity index (χ4v) is 3.75. The number of nitrogens with zero attached hydrogens (tertiary/aromatic N) is 5. The summed E-state index contributed by atoms with van der Waals surface area (Å²) in [6.45, 7) is 1.24. The molecule has 2 heterocycles. The third-order valence-corrected chi connectivity index (χ3v) is 5.41. The summed E-state index contributed by atoms with van der Waals surface area (Å²) < 4.78 is 1.59. The second kappa shape index (κ2) is 8.40. The minimum Gasteiger partial charge on any atom is -0.388 e. The van der Waals surface area contributed by atoms with E-state index in [9.17, 15) is 9.90 Å². The highest BCUT2D eigenvalue weighted by atomic mass is 16.3. The van der Waals surface area contributed by atoms with Crippen molar-refractivity contribution in [2.75, 3.05) is 18.4 Å². The smallest absolute Gasteiger partial charge is 0.321 e. The average Bonchev–Trinajstić information content (AvgIpc) is 3.20. The van der Waals surface area contributed by atoms with Crippen molar-refractivity contribution in [1.82, 2.24) is 25.1 Å². The van der Waals surface area contributed by atoms with Gasteiger partial charge in [0.1, 0.15) is 0 Å². The summed E-state index contributed by atoms with van der Waals surface area (Å²) in [5, 5.41) is 25.1. The Labute approximate surface area is 169 Å². The lowest BCUT2D eigenvalue weighted by Gasteiger charge is -2.34. The number of anilines is 1. The molecule has 0 aliphatic carbocycles. The van der Waals surface area contributed by atoms with Crippen LogP contribution in [0, 0.1) is 5.92 Å². The second-order valence-electron chi connectivity index (χ2n) is 7.32. The van der Waals surface area contributed by atoms with Crippen LogP contribution in [0.15, 0.2) is 54.6 Å². The molecule has 1 fully saturated rings. The molecule has 0 bridgehead atoms. The molecule has 150 valence electrons. The van der Waals surface area contributed by atoms with Crippen molar-refractivity contribution < 1.29 is 9.90 Å². The largest absolute Gasteiger partial charge is 0.388 e. The Morgan fingerprint density at radius 3 is 2.59 bits per heavy atom. The molecule has 1 aromatic heterocycles. The van der Waals surface area contributed by atoms with Crippen molar-refractivity contribution in [2.24, 2.45) is 13.0 Å². The van der Waals surface area contributed by atoms with Crippen LogP contribution in [0.1, 0.15) is 24.5 Å². The normalized spacial score (nSPS) is 15.9. The third kappa shape index (κ3) is 4.27. The molecule has 0 spiro atoms. The number of aliphatic hydroxyl groups is 1. The van der Waals surface area contributed by atoms with Crippen LogP contribution in [-0.4, -0.2) is 49.3 Å². The lowest BCUT2D eigenvalue weighted by atomic mass is 9.87. The van der Waals surface area contributed by atoms with Crippen molar-refractivity contribution in [2.45, 2.75) is 18.9 Å². The summed E-state index contributed by atoms with van der Waals surface area (Å²) >= 11 is 0. The average molecular weight is 392 g/mol. The molecule has 1 atom stereocenters. The van der Waals surface area contributed by atoms with Gasteiger partial charge in [0.15, 0.2) is 5.82 Å². The van der Waals surface area contributed by atoms with Crippen LogP contribution in [0.4, 0.5) is 10.5 Å². The van der Waals surface area contributed by atoms with Gasteiger partial charge in [0, 0.05) is 31.4 Å². The molecule has 4 rings (SSSR count). The summed E-state index contributed by atoms with van der Waals surface area (Å²) in [6, 6.07) is 17.0. The molecule has 8 heteroatoms. The fourth-order valence-electron chi connectivity index (χ4n) is 3.75. The van der Waals surface area contributed by atoms with E-state index in [2.05, 4.69) is 20.8 Å². The van der Waals surface area contributed by atoms with E-state index in [1.807, 2.05) is 54.6 Å². The Morgan fingerprint density at radius 2 is 1.90 bits per heavy atom. The van der Waals surface area contributed by atoms with Crippen LogP contribution in [0.3, 0.4) is 0 Å². The van der Waals surface area contributed by atoms with Crippen LogP contribution in [0.5, 0.6) is 0 Å². The first kappa shape index (κ1) is 19.1. The first-order valence-electron chi connectivity index (χ1n) is 9.73. The number of amides is 2. The fraction of sp³-hybridized carbons (Fsp3) is 0.333. The maximum absolute atomic E-state index is 12.7. The predicted octanol–water partition coefficient (Wildman–Crippen LogP) is 2.85. The molecule has 0 radical (unpaired) electrons. The number of tetrazole rings is 1. The number of carbonyl (C=O) groups excluding carboxylic acids is 1. The van der Waals surface area contributed by atoms with Gasteiger partial charge >= 0.3 is 6.03 Å². The summed E-state index contributed by atoms with van der Waals surface area (Å²) in [6.07, 6.45) is 1.06. The molecule has 0 saturated carbocycles. The number of hydrogen-bond donors (Lipinski definition) is 2. The number of aromatic nitrogens is 4. The van der Waals surface area contributed by atoms with E-state index in [-0.39, 0.29) is 11.9 Å². The molecule has 29 heavy (non-hydrogen) atoms. The van der Waals surface area contributed by atoms with Gasteiger partial charge in [-0.2, -0.15) is 0 Å². The molecule has 8 nitrogen and oxygen atoms in total. The van der Waals surface area contributed by atoms with Crippen LogP contribution in [0.2, 0.25) is 0 Å². The van der Waals surface area contributed by atoms with Gasteiger partial charge in [-0.15, -0.1) is 5.10 Å². The number of likely N-dealkylation sites (tertiary alicyclic amines) is 1. The van der Waals surface area contributed by atoms with E-state index < -0.39 is 6.10 Å². The molecule has 1 aliphatic heterocycles. The zero-order chi connectivity index (χ0) is 20.2. The number of aliphatic hydroxyl groups excluding tert-OH is 1. The lowest BCUT2D eigenvalue weighted by molar-refractivity contribution is 0.0683. The molecular weight excluding hydrogens is 368 g/mol. The number of piperidine rings is 1. The van der Waals surface area contributed by atoms with Gasteiger partial charge in [-0.25, -0.2) is 9.48 Å². The Morgan fingerprint density at radius 1 is 1.14 bits per heavy atom. The van der Waals surface area contributed by atoms with Crippen LogP contribution in [0.25, 0.3) is 11.4 Å². The Balaban J connectivity index is 1.35.